The Morgan fingerprint density at radius 2 is 1.57 bits per heavy atom. The summed E-state index contributed by atoms with van der Waals surface area (Å²) >= 11 is 30.1. The van der Waals surface area contributed by atoms with Gasteiger partial charge in [0.15, 0.2) is 5.75 Å². The van der Waals surface area contributed by atoms with Crippen molar-refractivity contribution in [2.24, 2.45) is 0 Å². The second-order valence-corrected chi connectivity index (χ2v) is 7.43. The highest BCUT2D eigenvalue weighted by atomic mass is 35.5. The summed E-state index contributed by atoms with van der Waals surface area (Å²) in [4.78, 5) is 14.4. The van der Waals surface area contributed by atoms with Gasteiger partial charge in [0.2, 0.25) is 0 Å². The van der Waals surface area contributed by atoms with E-state index in [1.54, 1.807) is 25.1 Å². The molecule has 0 aliphatic carbocycles. The zero-order valence-electron chi connectivity index (χ0n) is 14.4. The Kier molecular flexibility index (Phi) is 8.44. The van der Waals surface area contributed by atoms with Gasteiger partial charge in [-0.1, -0.05) is 58.0 Å². The van der Waals surface area contributed by atoms with Crippen LogP contribution in [0.3, 0.4) is 0 Å². The molecule has 5 nitrogen and oxygen atoms in total. The minimum absolute atomic E-state index is 0.0664. The Morgan fingerprint density at radius 1 is 1.00 bits per heavy atom. The number of aryl methyl sites for hydroxylation is 1. The van der Waals surface area contributed by atoms with Crippen molar-refractivity contribution in [2.75, 3.05) is 13.2 Å². The first kappa shape index (κ1) is 22.8. The largest absolute Gasteiger partial charge is 0.493 e. The third kappa shape index (κ3) is 5.32. The van der Waals surface area contributed by atoms with E-state index in [0.29, 0.717) is 24.3 Å². The Morgan fingerprint density at radius 3 is 2.14 bits per heavy atom. The minimum atomic E-state index is -0.403. The number of nitrogens with zero attached hydrogens (tertiary/aromatic N) is 2. The van der Waals surface area contributed by atoms with E-state index in [1.807, 2.05) is 0 Å². The monoisotopic (exact) mass is 480 g/mol. The van der Waals surface area contributed by atoms with Crippen molar-refractivity contribution < 1.29 is 19.1 Å². The number of rotatable bonds is 8. The van der Waals surface area contributed by atoms with Crippen molar-refractivity contribution in [1.29, 1.82) is 0 Å². The number of ketones is 1. The normalized spacial score (nSPS) is 10.4. The van der Waals surface area contributed by atoms with Gasteiger partial charge in [-0.2, -0.15) is 4.79 Å². The molecule has 0 aromatic heterocycles. The standard InChI is InChI=1S/C18H13Cl5N2O3/c1-9-7-10(11(26)8-25-24)3-4-12(9)27-5-2-6-28-18-16(22)14(20)13(19)15(21)17(18)23/h3-4,7-8H,2,5-6H2,1H3. The van der Waals surface area contributed by atoms with Crippen LogP contribution in [0.25, 0.3) is 5.53 Å². The fourth-order valence-corrected chi connectivity index (χ4v) is 3.45. The second kappa shape index (κ2) is 10.4. The van der Waals surface area contributed by atoms with Crippen molar-refractivity contribution in [1.82, 2.24) is 0 Å². The Labute approximate surface area is 186 Å². The summed E-state index contributed by atoms with van der Waals surface area (Å²) in [5.41, 5.74) is 9.58. The molecule has 28 heavy (non-hydrogen) atoms. The van der Waals surface area contributed by atoms with Crippen LogP contribution in [0.5, 0.6) is 11.5 Å². The van der Waals surface area contributed by atoms with Crippen LogP contribution in [0, 0.1) is 6.92 Å². The molecule has 0 spiro atoms. The van der Waals surface area contributed by atoms with Crippen LogP contribution in [0.15, 0.2) is 18.2 Å². The molecule has 2 aromatic rings. The highest BCUT2D eigenvalue weighted by Crippen LogP contribution is 2.48. The van der Waals surface area contributed by atoms with E-state index in [-0.39, 0.29) is 37.5 Å². The van der Waals surface area contributed by atoms with Gasteiger partial charge < -0.3 is 15.0 Å². The summed E-state index contributed by atoms with van der Waals surface area (Å²) in [5, 5.41) is 0.381. The first-order chi connectivity index (χ1) is 13.3. The van der Waals surface area contributed by atoms with Crippen LogP contribution in [0.4, 0.5) is 0 Å². The average Bonchev–Trinajstić information content (AvgIpc) is 2.68. The third-order valence-corrected chi connectivity index (χ3v) is 5.84. The molecular weight excluding hydrogens is 469 g/mol. The van der Waals surface area contributed by atoms with Gasteiger partial charge in [0.05, 0.1) is 28.3 Å². The van der Waals surface area contributed by atoms with Crippen LogP contribution in [0.2, 0.25) is 25.1 Å². The molecule has 0 aliphatic rings. The van der Waals surface area contributed by atoms with Crippen LogP contribution in [-0.2, 0) is 0 Å². The van der Waals surface area contributed by atoms with Crippen LogP contribution in [-0.4, -0.2) is 30.0 Å². The molecule has 0 atom stereocenters. The van der Waals surface area contributed by atoms with Gasteiger partial charge in [-0.25, -0.2) is 0 Å². The molecule has 0 radical (unpaired) electrons. The quantitative estimate of drug-likeness (QED) is 0.0810. The lowest BCUT2D eigenvalue weighted by Crippen LogP contribution is -2.07. The fraction of sp³-hybridized carbons (Fsp3) is 0.222. The summed E-state index contributed by atoms with van der Waals surface area (Å²) in [5.74, 6) is 0.373. The van der Waals surface area contributed by atoms with Gasteiger partial charge in [-0.05, 0) is 30.7 Å². The van der Waals surface area contributed by atoms with Crippen molar-refractivity contribution in [3.05, 3.63) is 60.0 Å². The molecule has 10 heteroatoms. The number of carbonyl (C=O) groups is 1. The van der Waals surface area contributed by atoms with Crippen molar-refractivity contribution in [3.8, 4) is 11.5 Å². The number of hydrogen-bond donors (Lipinski definition) is 0. The zero-order chi connectivity index (χ0) is 20.8. The van der Waals surface area contributed by atoms with E-state index in [2.05, 4.69) is 4.79 Å². The zero-order valence-corrected chi connectivity index (χ0v) is 18.2. The van der Waals surface area contributed by atoms with E-state index in [9.17, 15) is 4.79 Å². The molecule has 2 rings (SSSR count). The smallest absolute Gasteiger partial charge is 0.328 e. The Hall–Kier alpha value is -1.46. The van der Waals surface area contributed by atoms with E-state index in [4.69, 9.17) is 73.0 Å². The first-order valence-electron chi connectivity index (χ1n) is 7.87. The van der Waals surface area contributed by atoms with Crippen molar-refractivity contribution in [3.63, 3.8) is 0 Å². The highest BCUT2D eigenvalue weighted by Gasteiger charge is 2.20. The van der Waals surface area contributed by atoms with Crippen LogP contribution < -0.4 is 9.47 Å². The molecule has 0 N–H and O–H groups in total. The van der Waals surface area contributed by atoms with Crippen molar-refractivity contribution >= 4 is 70.0 Å². The van der Waals surface area contributed by atoms with Gasteiger partial charge in [-0.3, -0.25) is 4.79 Å². The van der Waals surface area contributed by atoms with Crippen molar-refractivity contribution in [2.45, 2.75) is 13.3 Å². The van der Waals surface area contributed by atoms with Gasteiger partial charge in [0.1, 0.15) is 15.8 Å². The lowest BCUT2D eigenvalue weighted by molar-refractivity contribution is 0.00234. The highest BCUT2D eigenvalue weighted by molar-refractivity contribution is 6.55. The number of benzene rings is 2. The van der Waals surface area contributed by atoms with Gasteiger partial charge in [-0.15, -0.1) is 0 Å². The van der Waals surface area contributed by atoms with E-state index in [1.165, 1.54) is 0 Å². The molecule has 2 aromatic carbocycles. The van der Waals surface area contributed by atoms with E-state index in [0.717, 1.165) is 11.8 Å². The summed E-state index contributed by atoms with van der Waals surface area (Å²) < 4.78 is 11.3. The van der Waals surface area contributed by atoms with Gasteiger partial charge in [0, 0.05) is 12.0 Å². The van der Waals surface area contributed by atoms with E-state index >= 15 is 0 Å². The SMILES string of the molecule is Cc1cc(C(=O)C=[N+]=[N-])ccc1OCCCOc1c(Cl)c(Cl)c(Cl)c(Cl)c1Cl. The molecule has 0 amide bonds. The Balaban J connectivity index is 1.92. The van der Waals surface area contributed by atoms with Crippen LogP contribution >= 0.6 is 58.0 Å². The lowest BCUT2D eigenvalue weighted by atomic mass is 10.1. The maximum absolute atomic E-state index is 11.7. The first-order valence-corrected chi connectivity index (χ1v) is 9.76. The van der Waals surface area contributed by atoms with Gasteiger partial charge >= 0.3 is 6.21 Å². The Bertz CT molecular complexity index is 930. The summed E-state index contributed by atoms with van der Waals surface area (Å²) in [6.07, 6.45) is 1.35. The average molecular weight is 483 g/mol. The predicted molar refractivity (Wildman–Crippen MR) is 112 cm³/mol. The molecule has 0 aliphatic heterocycles. The topological polar surface area (TPSA) is 71.9 Å². The molecule has 0 fully saturated rings. The molecular formula is C18H13Cl5N2O3. The third-order valence-electron chi connectivity index (χ3n) is 3.60. The number of ether oxygens (including phenoxy) is 2. The molecule has 0 saturated heterocycles. The molecule has 0 heterocycles. The molecule has 148 valence electrons. The van der Waals surface area contributed by atoms with Crippen LogP contribution in [0.1, 0.15) is 22.3 Å². The lowest BCUT2D eigenvalue weighted by Gasteiger charge is -2.14. The summed E-state index contributed by atoms with van der Waals surface area (Å²) in [7, 11) is 0. The van der Waals surface area contributed by atoms with Gasteiger partial charge in [0.25, 0.3) is 5.78 Å². The number of hydrogen-bond acceptors (Lipinski definition) is 3. The minimum Gasteiger partial charge on any atom is -0.493 e. The molecule has 0 unspecified atom stereocenters. The maximum atomic E-state index is 11.7. The number of carbonyl (C=O) groups excluding carboxylic acids is 1. The van der Waals surface area contributed by atoms with E-state index < -0.39 is 5.78 Å². The number of Topliss-reactive ketones (excluding diaryl/α,β-unsaturated/α-hetero) is 1. The summed E-state index contributed by atoms with van der Waals surface area (Å²) in [6, 6.07) is 4.90. The predicted octanol–water partition coefficient (Wildman–Crippen LogP) is 6.59. The maximum Gasteiger partial charge on any atom is 0.328 e. The molecule has 0 bridgehead atoms. The fourth-order valence-electron chi connectivity index (χ4n) is 2.22. The second-order valence-electron chi connectivity index (χ2n) is 5.54. The summed E-state index contributed by atoms with van der Waals surface area (Å²) in [6.45, 7) is 2.39. The number of halogens is 5. The molecule has 0 saturated carbocycles.